The Hall–Kier alpha value is -2.75. The average Bonchev–Trinajstić information content (AvgIpc) is 2.53. The van der Waals surface area contributed by atoms with Crippen molar-refractivity contribution in [2.45, 2.75) is 19.8 Å². The van der Waals surface area contributed by atoms with Crippen LogP contribution in [0.15, 0.2) is 54.6 Å². The molecule has 0 aromatic heterocycles. The molecule has 2 aromatic rings. The zero-order chi connectivity index (χ0) is 16.1. The highest BCUT2D eigenvalue weighted by atomic mass is 16.6. The molecule has 0 saturated carbocycles. The number of carbonyl (C=O) groups is 1. The van der Waals surface area contributed by atoms with Crippen molar-refractivity contribution in [3.8, 4) is 0 Å². The summed E-state index contributed by atoms with van der Waals surface area (Å²) in [6, 6.07) is 13.9. The molecule has 0 spiro atoms. The molecule has 0 fully saturated rings. The smallest absolute Gasteiger partial charge is 0.273 e. The van der Waals surface area contributed by atoms with Crippen LogP contribution in [0.2, 0.25) is 0 Å². The van der Waals surface area contributed by atoms with E-state index in [2.05, 4.69) is 0 Å². The van der Waals surface area contributed by atoms with Crippen LogP contribution in [0, 0.1) is 10.1 Å². The predicted octanol–water partition coefficient (Wildman–Crippen LogP) is 4.61. The van der Waals surface area contributed by atoms with Gasteiger partial charge in [0.25, 0.3) is 5.69 Å². The minimum Gasteiger partial charge on any atom is -0.289 e. The first-order valence-corrected chi connectivity index (χ1v) is 7.05. The van der Waals surface area contributed by atoms with Crippen molar-refractivity contribution in [1.82, 2.24) is 0 Å². The van der Waals surface area contributed by atoms with Crippen LogP contribution < -0.4 is 0 Å². The molecule has 2 aromatic carbocycles. The molecule has 22 heavy (non-hydrogen) atoms. The highest BCUT2D eigenvalue weighted by Gasteiger charge is 2.16. The van der Waals surface area contributed by atoms with Gasteiger partial charge in [-0.15, -0.1) is 0 Å². The lowest BCUT2D eigenvalue weighted by Crippen LogP contribution is -1.98. The molecule has 2 rings (SSSR count). The van der Waals surface area contributed by atoms with Crippen molar-refractivity contribution in [3.63, 3.8) is 0 Å². The normalized spacial score (nSPS) is 11.0. The van der Waals surface area contributed by atoms with Crippen molar-refractivity contribution in [3.05, 3.63) is 81.4 Å². The molecule has 0 heterocycles. The third-order valence-corrected chi connectivity index (χ3v) is 3.36. The average molecular weight is 295 g/mol. The van der Waals surface area contributed by atoms with E-state index in [0.717, 1.165) is 0 Å². The zero-order valence-electron chi connectivity index (χ0n) is 12.5. The molecule has 0 saturated heterocycles. The summed E-state index contributed by atoms with van der Waals surface area (Å²) in [5.74, 6) is -0.0550. The van der Waals surface area contributed by atoms with E-state index < -0.39 is 0 Å². The Balaban J connectivity index is 2.27. The number of allylic oxidation sites excluding steroid dienone is 1. The minimum absolute atomic E-state index is 0.0735. The maximum Gasteiger partial charge on any atom is 0.273 e. The second kappa shape index (κ2) is 6.80. The Morgan fingerprint density at radius 2 is 1.82 bits per heavy atom. The number of rotatable bonds is 5. The Morgan fingerprint density at radius 3 is 2.41 bits per heavy atom. The molecule has 112 valence electrons. The summed E-state index contributed by atoms with van der Waals surface area (Å²) >= 11 is 0. The monoisotopic (exact) mass is 295 g/mol. The van der Waals surface area contributed by atoms with Gasteiger partial charge in [0.05, 0.1) is 4.92 Å². The van der Waals surface area contributed by atoms with E-state index in [9.17, 15) is 14.9 Å². The van der Waals surface area contributed by atoms with E-state index in [-0.39, 0.29) is 22.3 Å². The summed E-state index contributed by atoms with van der Waals surface area (Å²) < 4.78 is 0. The number of hydrogen-bond donors (Lipinski definition) is 0. The number of benzene rings is 2. The van der Waals surface area contributed by atoms with E-state index in [1.54, 1.807) is 42.5 Å². The fraction of sp³-hybridized carbons (Fsp3) is 0.167. The van der Waals surface area contributed by atoms with E-state index in [0.29, 0.717) is 16.7 Å². The van der Waals surface area contributed by atoms with Gasteiger partial charge in [0.1, 0.15) is 0 Å². The van der Waals surface area contributed by atoms with E-state index in [1.807, 2.05) is 19.9 Å². The number of hydrogen-bond acceptors (Lipinski definition) is 3. The van der Waals surface area contributed by atoms with E-state index in [4.69, 9.17) is 0 Å². The first-order valence-electron chi connectivity index (χ1n) is 7.05. The fourth-order valence-electron chi connectivity index (χ4n) is 2.18. The second-order valence-electron chi connectivity index (χ2n) is 5.29. The Bertz CT molecular complexity index is 718. The first-order chi connectivity index (χ1) is 10.5. The highest BCUT2D eigenvalue weighted by molar-refractivity contribution is 6.06. The summed E-state index contributed by atoms with van der Waals surface area (Å²) in [7, 11) is 0. The number of nitrogens with zero attached hydrogens (tertiary/aromatic N) is 1. The number of carbonyl (C=O) groups excluding carboxylic acids is 1. The minimum atomic E-state index is -0.383. The Kier molecular flexibility index (Phi) is 4.84. The van der Waals surface area contributed by atoms with Crippen LogP contribution in [0.25, 0.3) is 6.08 Å². The molecule has 0 bridgehead atoms. The van der Waals surface area contributed by atoms with Gasteiger partial charge in [-0.25, -0.2) is 0 Å². The highest BCUT2D eigenvalue weighted by Crippen LogP contribution is 2.27. The molecule has 0 unspecified atom stereocenters. The van der Waals surface area contributed by atoms with Crippen molar-refractivity contribution in [2.24, 2.45) is 0 Å². The lowest BCUT2D eigenvalue weighted by molar-refractivity contribution is -0.385. The first kappa shape index (κ1) is 15.6. The van der Waals surface area contributed by atoms with E-state index >= 15 is 0 Å². The molecule has 0 radical (unpaired) electrons. The lowest BCUT2D eigenvalue weighted by Gasteiger charge is -2.06. The summed E-state index contributed by atoms with van der Waals surface area (Å²) in [6.45, 7) is 3.83. The topological polar surface area (TPSA) is 60.2 Å². The number of ketones is 1. The van der Waals surface area contributed by atoms with Gasteiger partial charge in [-0.3, -0.25) is 14.9 Å². The molecule has 0 aliphatic heterocycles. The summed E-state index contributed by atoms with van der Waals surface area (Å²) in [5.41, 5.74) is 2.01. The van der Waals surface area contributed by atoms with Crippen LogP contribution in [-0.4, -0.2) is 10.7 Å². The second-order valence-corrected chi connectivity index (χ2v) is 5.29. The predicted molar refractivity (Wildman–Crippen MR) is 87.0 cm³/mol. The molecule has 0 amide bonds. The van der Waals surface area contributed by atoms with Crippen LogP contribution >= 0.6 is 0 Å². The maximum absolute atomic E-state index is 12.0. The fourth-order valence-corrected chi connectivity index (χ4v) is 2.18. The number of nitro groups is 1. The molecular formula is C18H17NO3. The van der Waals surface area contributed by atoms with Crippen molar-refractivity contribution in [1.29, 1.82) is 0 Å². The Morgan fingerprint density at radius 1 is 1.14 bits per heavy atom. The molecule has 4 heteroatoms. The van der Waals surface area contributed by atoms with Gasteiger partial charge in [0, 0.05) is 17.2 Å². The van der Waals surface area contributed by atoms with Crippen LogP contribution in [0.4, 0.5) is 5.69 Å². The quantitative estimate of drug-likeness (QED) is 0.350. The molecule has 4 nitrogen and oxygen atoms in total. The van der Waals surface area contributed by atoms with E-state index in [1.165, 1.54) is 12.1 Å². The van der Waals surface area contributed by atoms with Crippen molar-refractivity contribution in [2.75, 3.05) is 0 Å². The van der Waals surface area contributed by atoms with Gasteiger partial charge in [0.2, 0.25) is 0 Å². The van der Waals surface area contributed by atoms with Gasteiger partial charge in [-0.2, -0.15) is 0 Å². The van der Waals surface area contributed by atoms with Crippen LogP contribution in [0.5, 0.6) is 0 Å². The van der Waals surface area contributed by atoms with Gasteiger partial charge in [-0.05, 0) is 17.6 Å². The van der Waals surface area contributed by atoms with Crippen LogP contribution in [-0.2, 0) is 0 Å². The van der Waals surface area contributed by atoms with Gasteiger partial charge in [-0.1, -0.05) is 62.4 Å². The Labute approximate surface area is 129 Å². The number of nitro benzene ring substituents is 1. The van der Waals surface area contributed by atoms with Crippen molar-refractivity contribution < 1.29 is 9.72 Å². The third kappa shape index (κ3) is 3.67. The molecule has 0 atom stereocenters. The molecule has 0 N–H and O–H groups in total. The largest absolute Gasteiger partial charge is 0.289 e. The molecular weight excluding hydrogens is 278 g/mol. The lowest BCUT2D eigenvalue weighted by atomic mass is 9.99. The standard InChI is InChI=1S/C18H17NO3/c1-13(2)16-10-8-14(12-17(16)19(21)22)9-11-18(20)15-6-4-3-5-7-15/h3-13H,1-2H3/b11-9+. The van der Waals surface area contributed by atoms with Gasteiger partial charge >= 0.3 is 0 Å². The molecule has 0 aliphatic carbocycles. The zero-order valence-corrected chi connectivity index (χ0v) is 12.5. The SMILES string of the molecule is CC(C)c1ccc(/C=C/C(=O)c2ccccc2)cc1[N+](=O)[O-]. The third-order valence-electron chi connectivity index (χ3n) is 3.36. The maximum atomic E-state index is 12.0. The summed E-state index contributed by atoms with van der Waals surface area (Å²) in [5, 5.41) is 11.2. The van der Waals surface area contributed by atoms with Crippen molar-refractivity contribution >= 4 is 17.5 Å². The van der Waals surface area contributed by atoms with Gasteiger partial charge in [0.15, 0.2) is 5.78 Å². The summed E-state index contributed by atoms with van der Waals surface area (Å²) in [6.07, 6.45) is 3.04. The van der Waals surface area contributed by atoms with Crippen LogP contribution in [0.3, 0.4) is 0 Å². The van der Waals surface area contributed by atoms with Gasteiger partial charge < -0.3 is 0 Å². The summed E-state index contributed by atoms with van der Waals surface area (Å²) in [4.78, 5) is 22.8. The molecule has 0 aliphatic rings. The van der Waals surface area contributed by atoms with Crippen LogP contribution in [0.1, 0.15) is 41.3 Å².